The first-order valence-corrected chi connectivity index (χ1v) is 7.13. The molecular weight excluding hydrogens is 276 g/mol. The number of ether oxygens (including phenoxy) is 1. The summed E-state index contributed by atoms with van der Waals surface area (Å²) in [4.78, 5) is 36.8. The summed E-state index contributed by atoms with van der Waals surface area (Å²) in [5, 5.41) is 9.32. The van der Waals surface area contributed by atoms with Crippen LogP contribution in [0.1, 0.15) is 12.8 Å². The van der Waals surface area contributed by atoms with Crippen molar-refractivity contribution in [3.63, 3.8) is 0 Å². The summed E-state index contributed by atoms with van der Waals surface area (Å²) in [6, 6.07) is 0. The Hall–Kier alpha value is -1.89. The maximum atomic E-state index is 12.6. The number of carboxylic acids is 1. The van der Waals surface area contributed by atoms with E-state index in [2.05, 4.69) is 0 Å². The van der Waals surface area contributed by atoms with Crippen molar-refractivity contribution in [3.8, 4) is 0 Å². The Labute approximate surface area is 121 Å². The number of primary amides is 1. The van der Waals surface area contributed by atoms with Crippen LogP contribution in [0.4, 0.5) is 0 Å². The van der Waals surface area contributed by atoms with Crippen molar-refractivity contribution in [2.75, 3.05) is 13.1 Å². The van der Waals surface area contributed by atoms with E-state index in [1.165, 1.54) is 0 Å². The number of hydrogen-bond acceptors (Lipinski definition) is 4. The summed E-state index contributed by atoms with van der Waals surface area (Å²) in [6.07, 6.45) is 3.60. The SMILES string of the molecule is NC(=O)C1CCN(C(=O)[C@H]2[C@@H](C(=O)O)[C@@H]3C=C[C@H]2O3)CC1. The first kappa shape index (κ1) is 14.1. The predicted octanol–water partition coefficient (Wildman–Crippen LogP) is -0.635. The molecule has 2 fully saturated rings. The highest BCUT2D eigenvalue weighted by Crippen LogP contribution is 2.40. The van der Waals surface area contributed by atoms with Crippen molar-refractivity contribution in [1.29, 1.82) is 0 Å². The number of nitrogens with zero attached hydrogens (tertiary/aromatic N) is 1. The molecular formula is C14H18N2O5. The zero-order valence-electron chi connectivity index (χ0n) is 11.5. The van der Waals surface area contributed by atoms with E-state index in [9.17, 15) is 19.5 Å². The first-order chi connectivity index (χ1) is 9.99. The Balaban J connectivity index is 1.70. The van der Waals surface area contributed by atoms with Crippen molar-refractivity contribution in [3.05, 3.63) is 12.2 Å². The second-order valence-corrected chi connectivity index (χ2v) is 5.84. The third-order valence-corrected chi connectivity index (χ3v) is 4.68. The van der Waals surface area contributed by atoms with Crippen molar-refractivity contribution in [2.45, 2.75) is 25.0 Å². The van der Waals surface area contributed by atoms with Crippen molar-refractivity contribution in [1.82, 2.24) is 4.90 Å². The van der Waals surface area contributed by atoms with Crippen LogP contribution in [0.25, 0.3) is 0 Å². The topological polar surface area (TPSA) is 110 Å². The van der Waals surface area contributed by atoms with E-state index in [0.29, 0.717) is 25.9 Å². The van der Waals surface area contributed by atoms with Crippen LogP contribution in [0.5, 0.6) is 0 Å². The largest absolute Gasteiger partial charge is 0.481 e. The Morgan fingerprint density at radius 2 is 1.67 bits per heavy atom. The highest BCUT2D eigenvalue weighted by Gasteiger charge is 2.54. The maximum absolute atomic E-state index is 12.6. The van der Waals surface area contributed by atoms with Gasteiger partial charge in [-0.2, -0.15) is 0 Å². The van der Waals surface area contributed by atoms with Crippen LogP contribution in [-0.4, -0.2) is 53.1 Å². The number of amides is 2. The van der Waals surface area contributed by atoms with Crippen LogP contribution >= 0.6 is 0 Å². The van der Waals surface area contributed by atoms with Gasteiger partial charge in [0.15, 0.2) is 0 Å². The number of hydrogen-bond donors (Lipinski definition) is 2. The lowest BCUT2D eigenvalue weighted by Gasteiger charge is -2.34. The minimum Gasteiger partial charge on any atom is -0.481 e. The third-order valence-electron chi connectivity index (χ3n) is 4.68. The molecule has 0 radical (unpaired) electrons. The molecule has 2 bridgehead atoms. The third kappa shape index (κ3) is 2.31. The smallest absolute Gasteiger partial charge is 0.310 e. The number of fused-ring (bicyclic) bond motifs is 2. The van der Waals surface area contributed by atoms with Gasteiger partial charge < -0.3 is 20.5 Å². The Morgan fingerprint density at radius 3 is 2.19 bits per heavy atom. The molecule has 7 nitrogen and oxygen atoms in total. The minimum absolute atomic E-state index is 0.192. The number of carbonyl (C=O) groups is 3. The van der Waals surface area contributed by atoms with E-state index in [1.54, 1.807) is 17.1 Å². The number of nitrogens with two attached hydrogens (primary N) is 1. The number of aliphatic carboxylic acids is 1. The summed E-state index contributed by atoms with van der Waals surface area (Å²) in [5.41, 5.74) is 5.27. The van der Waals surface area contributed by atoms with Crippen LogP contribution in [0.3, 0.4) is 0 Å². The highest BCUT2D eigenvalue weighted by molar-refractivity contribution is 5.87. The molecule has 0 aromatic rings. The van der Waals surface area contributed by atoms with Gasteiger partial charge in [0.2, 0.25) is 11.8 Å². The van der Waals surface area contributed by atoms with Gasteiger partial charge in [0, 0.05) is 19.0 Å². The summed E-state index contributed by atoms with van der Waals surface area (Å²) < 4.78 is 5.52. The molecule has 4 atom stereocenters. The molecule has 0 saturated carbocycles. The molecule has 0 spiro atoms. The van der Waals surface area contributed by atoms with Crippen molar-refractivity contribution < 1.29 is 24.2 Å². The van der Waals surface area contributed by atoms with E-state index in [1.807, 2.05) is 0 Å². The molecule has 21 heavy (non-hydrogen) atoms. The lowest BCUT2D eigenvalue weighted by molar-refractivity contribution is -0.150. The number of carboxylic acid groups (broad SMARTS) is 1. The second-order valence-electron chi connectivity index (χ2n) is 5.84. The molecule has 2 saturated heterocycles. The number of piperidine rings is 1. The van der Waals surface area contributed by atoms with Crippen LogP contribution in [0.2, 0.25) is 0 Å². The van der Waals surface area contributed by atoms with Crippen molar-refractivity contribution in [2.24, 2.45) is 23.5 Å². The Morgan fingerprint density at radius 1 is 1.10 bits per heavy atom. The summed E-state index contributed by atoms with van der Waals surface area (Å²) in [5.74, 6) is -3.21. The van der Waals surface area contributed by atoms with Gasteiger partial charge in [0.1, 0.15) is 5.92 Å². The zero-order chi connectivity index (χ0) is 15.1. The molecule has 7 heteroatoms. The highest BCUT2D eigenvalue weighted by atomic mass is 16.5. The van der Waals surface area contributed by atoms with Gasteiger partial charge >= 0.3 is 5.97 Å². The van der Waals surface area contributed by atoms with Crippen LogP contribution in [0, 0.1) is 17.8 Å². The van der Waals surface area contributed by atoms with Crippen LogP contribution in [-0.2, 0) is 19.1 Å². The van der Waals surface area contributed by atoms with Gasteiger partial charge in [0.25, 0.3) is 0 Å². The number of rotatable bonds is 3. The molecule has 0 aromatic carbocycles. The first-order valence-electron chi connectivity index (χ1n) is 7.13. The van der Waals surface area contributed by atoms with Gasteiger partial charge in [-0.25, -0.2) is 0 Å². The number of likely N-dealkylation sites (tertiary alicyclic amines) is 1. The van der Waals surface area contributed by atoms with Gasteiger partial charge in [-0.1, -0.05) is 12.2 Å². The molecule has 0 unspecified atom stereocenters. The fourth-order valence-electron chi connectivity index (χ4n) is 3.49. The van der Waals surface area contributed by atoms with Crippen LogP contribution < -0.4 is 5.73 Å². The average molecular weight is 294 g/mol. The average Bonchev–Trinajstić information content (AvgIpc) is 3.07. The van der Waals surface area contributed by atoms with E-state index in [-0.39, 0.29) is 17.7 Å². The van der Waals surface area contributed by atoms with E-state index < -0.39 is 30.0 Å². The summed E-state index contributed by atoms with van der Waals surface area (Å²) in [7, 11) is 0. The fraction of sp³-hybridized carbons (Fsp3) is 0.643. The van der Waals surface area contributed by atoms with Gasteiger partial charge in [-0.15, -0.1) is 0 Å². The summed E-state index contributed by atoms with van der Waals surface area (Å²) >= 11 is 0. The molecule has 0 aliphatic carbocycles. The monoisotopic (exact) mass is 294 g/mol. The normalized spacial score (nSPS) is 35.1. The molecule has 3 N–H and O–H groups in total. The Bertz CT molecular complexity index is 509. The Kier molecular flexibility index (Phi) is 3.44. The number of carbonyl (C=O) groups excluding carboxylic acids is 2. The lowest BCUT2D eigenvalue weighted by atomic mass is 9.81. The van der Waals surface area contributed by atoms with Gasteiger partial charge in [-0.05, 0) is 12.8 Å². The van der Waals surface area contributed by atoms with Gasteiger partial charge in [-0.3, -0.25) is 14.4 Å². The molecule has 2 amide bonds. The fourth-order valence-corrected chi connectivity index (χ4v) is 3.49. The molecule has 3 aliphatic heterocycles. The quantitative estimate of drug-likeness (QED) is 0.673. The summed E-state index contributed by atoms with van der Waals surface area (Å²) in [6.45, 7) is 0.882. The molecule has 3 aliphatic rings. The maximum Gasteiger partial charge on any atom is 0.310 e. The van der Waals surface area contributed by atoms with Crippen LogP contribution in [0.15, 0.2) is 12.2 Å². The van der Waals surface area contributed by atoms with Crippen molar-refractivity contribution >= 4 is 17.8 Å². The van der Waals surface area contributed by atoms with E-state index in [4.69, 9.17) is 10.5 Å². The van der Waals surface area contributed by atoms with Gasteiger partial charge in [0.05, 0.1) is 18.1 Å². The van der Waals surface area contributed by atoms with E-state index in [0.717, 1.165) is 0 Å². The second kappa shape index (κ2) is 5.14. The zero-order valence-corrected chi connectivity index (χ0v) is 11.5. The molecule has 114 valence electrons. The predicted molar refractivity (Wildman–Crippen MR) is 70.9 cm³/mol. The molecule has 0 aromatic heterocycles. The molecule has 3 heterocycles. The minimum atomic E-state index is -1.00. The van der Waals surface area contributed by atoms with E-state index >= 15 is 0 Å². The molecule has 3 rings (SSSR count). The lowest BCUT2D eigenvalue weighted by Crippen LogP contribution is -2.48. The standard InChI is InChI=1S/C14H18N2O5/c15-12(17)7-3-5-16(6-4-7)13(18)10-8-1-2-9(21-8)11(10)14(19)20/h1-2,7-11H,3-6H2,(H2,15,17)(H,19,20)/t8-,9+,10-,11+/m1/s1.